The highest BCUT2D eigenvalue weighted by molar-refractivity contribution is 7.82. The minimum Gasteiger partial charge on any atom is -0.460 e. The second-order valence-corrected chi connectivity index (χ2v) is 19.4. The molecule has 0 amide bonds. The van der Waals surface area contributed by atoms with Crippen molar-refractivity contribution in [1.29, 1.82) is 0 Å². The Hall–Kier alpha value is -1.01. The van der Waals surface area contributed by atoms with E-state index in [1.807, 2.05) is 41.5 Å². The maximum atomic E-state index is 14.4. The predicted molar refractivity (Wildman–Crippen MR) is 226 cm³/mol. The third-order valence-corrected chi connectivity index (χ3v) is 13.6. The summed E-state index contributed by atoms with van der Waals surface area (Å²) in [6.07, 6.45) is 1.54. The van der Waals surface area contributed by atoms with E-state index in [4.69, 9.17) is 36.3 Å². The lowest BCUT2D eigenvalue weighted by Gasteiger charge is -2.50. The van der Waals surface area contributed by atoms with Gasteiger partial charge in [-0.25, -0.2) is 0 Å². The Morgan fingerprint density at radius 2 is 1.51 bits per heavy atom. The second-order valence-electron chi connectivity index (χ2n) is 18.5. The van der Waals surface area contributed by atoms with Crippen LogP contribution >= 0.6 is 12.6 Å². The molecule has 55 heavy (non-hydrogen) atoms. The number of ketones is 1. The summed E-state index contributed by atoms with van der Waals surface area (Å²) < 4.78 is 32.5. The van der Waals surface area contributed by atoms with E-state index >= 15 is 0 Å². The molecular formula is C45H83NO8S. The molecule has 2 fully saturated rings. The van der Waals surface area contributed by atoms with Crippen molar-refractivity contribution in [3.63, 3.8) is 0 Å². The average molecular weight is 798 g/mol. The molecule has 322 valence electrons. The molecule has 3 heterocycles. The van der Waals surface area contributed by atoms with Gasteiger partial charge in [0.25, 0.3) is 0 Å². The lowest BCUT2D eigenvalue weighted by molar-refractivity contribution is -0.291. The van der Waals surface area contributed by atoms with Gasteiger partial charge in [0, 0.05) is 30.2 Å². The SMILES string of the molecule is CC.CCCNC1CC(C)OC(OC2C(C)C(OC3CC(C)(C)C(CC)C(C)O3)C(C)C(=O)OC(CC)C(C)(S)C(=O)C(C)/C(CO)=C(/C)CC2(C)C)C1C. The predicted octanol–water partition coefficient (Wildman–Crippen LogP) is 9.34. The minimum atomic E-state index is -1.29. The maximum absolute atomic E-state index is 14.4. The van der Waals surface area contributed by atoms with Gasteiger partial charge in [-0.3, -0.25) is 9.59 Å². The quantitative estimate of drug-likeness (QED) is 0.113. The van der Waals surface area contributed by atoms with Crippen LogP contribution in [0.1, 0.15) is 156 Å². The number of thiol groups is 1. The zero-order chi connectivity index (χ0) is 42.2. The number of cyclic esters (lactones) is 1. The molecule has 0 aliphatic carbocycles. The Morgan fingerprint density at radius 1 is 0.891 bits per heavy atom. The van der Waals surface area contributed by atoms with Crippen LogP contribution in [0, 0.1) is 40.4 Å². The highest BCUT2D eigenvalue weighted by Crippen LogP contribution is 2.46. The van der Waals surface area contributed by atoms with Gasteiger partial charge in [-0.1, -0.05) is 95.1 Å². The number of carbonyl (C=O) groups is 2. The number of aliphatic hydroxyl groups excluding tert-OH is 1. The van der Waals surface area contributed by atoms with Gasteiger partial charge in [0.05, 0.1) is 36.9 Å². The second kappa shape index (κ2) is 21.3. The third kappa shape index (κ3) is 12.0. The Morgan fingerprint density at radius 3 is 2.04 bits per heavy atom. The Bertz CT molecular complexity index is 1250. The van der Waals surface area contributed by atoms with Crippen molar-refractivity contribution >= 4 is 24.4 Å². The number of nitrogens with one attached hydrogen (secondary N) is 1. The number of aliphatic hydroxyl groups is 1. The first-order valence-electron chi connectivity index (χ1n) is 21.7. The molecule has 3 rings (SSSR count). The summed E-state index contributed by atoms with van der Waals surface area (Å²) in [7, 11) is 0. The highest BCUT2D eigenvalue weighted by Gasteiger charge is 2.50. The van der Waals surface area contributed by atoms with Crippen LogP contribution in [0.4, 0.5) is 0 Å². The zero-order valence-corrected chi connectivity index (χ0v) is 38.8. The van der Waals surface area contributed by atoms with Crippen molar-refractivity contribution in [2.24, 2.45) is 40.4 Å². The van der Waals surface area contributed by atoms with E-state index in [1.165, 1.54) is 0 Å². The molecule has 0 aromatic rings. The van der Waals surface area contributed by atoms with Crippen LogP contribution < -0.4 is 5.32 Å². The van der Waals surface area contributed by atoms with Gasteiger partial charge in [-0.2, -0.15) is 12.6 Å². The molecular weight excluding hydrogens is 715 g/mol. The summed E-state index contributed by atoms with van der Waals surface area (Å²) in [5, 5.41) is 14.5. The molecule has 0 bridgehead atoms. The average Bonchev–Trinajstić information content (AvgIpc) is 3.11. The Balaban J connectivity index is 0.00000514. The topological polar surface area (TPSA) is 113 Å². The van der Waals surface area contributed by atoms with Gasteiger partial charge in [0.1, 0.15) is 10.9 Å². The summed E-state index contributed by atoms with van der Waals surface area (Å²) >= 11 is 4.87. The number of ether oxygens (including phenoxy) is 5. The smallest absolute Gasteiger partial charge is 0.311 e. The first-order chi connectivity index (χ1) is 25.6. The normalized spacial score (nSPS) is 41.8. The molecule has 0 aromatic carbocycles. The van der Waals surface area contributed by atoms with Crippen LogP contribution in [0.2, 0.25) is 0 Å². The monoisotopic (exact) mass is 798 g/mol. The summed E-state index contributed by atoms with van der Waals surface area (Å²) in [5.41, 5.74) is 0.998. The number of Topliss-reactive ketones (excluding diaryl/α,β-unsaturated/α-hetero) is 1. The third-order valence-electron chi connectivity index (χ3n) is 13.1. The number of rotatable bonds is 10. The fourth-order valence-corrected chi connectivity index (χ4v) is 10.4. The first-order valence-corrected chi connectivity index (χ1v) is 22.1. The van der Waals surface area contributed by atoms with Crippen molar-refractivity contribution in [2.75, 3.05) is 13.2 Å². The number of carbonyl (C=O) groups excluding carboxylic acids is 2. The summed E-state index contributed by atoms with van der Waals surface area (Å²) in [6, 6.07) is 0.225. The van der Waals surface area contributed by atoms with Crippen LogP contribution in [0.5, 0.6) is 0 Å². The molecule has 0 radical (unpaired) electrons. The van der Waals surface area contributed by atoms with E-state index < -0.39 is 58.9 Å². The molecule has 9 nitrogen and oxygen atoms in total. The van der Waals surface area contributed by atoms with Gasteiger partial charge < -0.3 is 34.1 Å². The largest absolute Gasteiger partial charge is 0.460 e. The van der Waals surface area contributed by atoms with E-state index in [9.17, 15) is 14.7 Å². The number of hydrogen-bond donors (Lipinski definition) is 3. The van der Waals surface area contributed by atoms with Gasteiger partial charge in [-0.05, 0) is 89.2 Å². The van der Waals surface area contributed by atoms with Crippen LogP contribution in [0.3, 0.4) is 0 Å². The number of esters is 1. The van der Waals surface area contributed by atoms with Gasteiger partial charge in [0.15, 0.2) is 18.4 Å². The van der Waals surface area contributed by atoms with E-state index in [0.29, 0.717) is 30.8 Å². The Labute approximate surface area is 341 Å². The lowest BCUT2D eigenvalue weighted by Crippen LogP contribution is -2.55. The van der Waals surface area contributed by atoms with Crippen molar-refractivity contribution in [1.82, 2.24) is 5.32 Å². The molecule has 14 atom stereocenters. The number of allylic oxidation sites excluding steroid dienone is 1. The molecule has 3 aliphatic rings. The molecule has 0 spiro atoms. The van der Waals surface area contributed by atoms with Crippen LogP contribution in [-0.4, -0.2) is 83.9 Å². The zero-order valence-electron chi connectivity index (χ0n) is 37.9. The number of hydrogen-bond acceptors (Lipinski definition) is 10. The minimum absolute atomic E-state index is 0.00898. The van der Waals surface area contributed by atoms with Gasteiger partial charge >= 0.3 is 5.97 Å². The van der Waals surface area contributed by atoms with Crippen molar-refractivity contribution in [3.05, 3.63) is 11.1 Å². The molecule has 2 saturated heterocycles. The highest BCUT2D eigenvalue weighted by atomic mass is 32.1. The van der Waals surface area contributed by atoms with E-state index in [2.05, 4.69) is 74.6 Å². The van der Waals surface area contributed by atoms with Crippen LogP contribution in [0.25, 0.3) is 0 Å². The summed E-state index contributed by atoms with van der Waals surface area (Å²) in [4.78, 5) is 28.6. The van der Waals surface area contributed by atoms with Gasteiger partial charge in [0.2, 0.25) is 0 Å². The standard InChI is InChI=1S/C43H77NO8S.C2H6/c1-16-19-44-33-20-25(5)48-40(27(33)7)52-38-28(8)36(51-35-22-41(11,12)32(17-2)30(10)49-35)29(9)39(47)50-34(18-3)43(15,53)37(46)26(6)31(23-45)24(4)21-42(38,13)14;1-2/h25-30,32-36,38,40,44-45,53H,16-23H2,1-15H3;1-2H3/b31-24-;. The molecule has 3 aliphatic heterocycles. The molecule has 0 aromatic heterocycles. The first kappa shape index (κ1) is 50.1. The fourth-order valence-electron chi connectivity index (χ4n) is 9.97. The van der Waals surface area contributed by atoms with Gasteiger partial charge in [-0.15, -0.1) is 0 Å². The lowest BCUT2D eigenvalue weighted by atomic mass is 9.70. The molecule has 0 saturated carbocycles. The fraction of sp³-hybridized carbons (Fsp3) is 0.911. The van der Waals surface area contributed by atoms with Crippen LogP contribution in [-0.2, 0) is 33.3 Å². The summed E-state index contributed by atoms with van der Waals surface area (Å²) in [6.45, 7) is 35.7. The van der Waals surface area contributed by atoms with Crippen LogP contribution in [0.15, 0.2) is 11.1 Å². The van der Waals surface area contributed by atoms with Crippen molar-refractivity contribution in [2.45, 2.75) is 210 Å². The Kier molecular flexibility index (Phi) is 19.4. The van der Waals surface area contributed by atoms with Crippen molar-refractivity contribution < 1.29 is 38.4 Å². The van der Waals surface area contributed by atoms with E-state index in [1.54, 1.807) is 6.92 Å². The van der Waals surface area contributed by atoms with E-state index in [-0.39, 0.29) is 47.9 Å². The molecule has 14 unspecified atom stereocenters. The summed E-state index contributed by atoms with van der Waals surface area (Å²) in [5.74, 6) is -1.90. The van der Waals surface area contributed by atoms with E-state index in [0.717, 1.165) is 31.4 Å². The molecule has 10 heteroatoms. The maximum Gasteiger partial charge on any atom is 0.311 e. The van der Waals surface area contributed by atoms with Crippen molar-refractivity contribution in [3.8, 4) is 0 Å². The molecule has 2 N–H and O–H groups in total.